The summed E-state index contributed by atoms with van der Waals surface area (Å²) in [6.07, 6.45) is 0. The summed E-state index contributed by atoms with van der Waals surface area (Å²) in [7, 11) is 0. The second kappa shape index (κ2) is 18.3. The Kier molecular flexibility index (Phi) is 10.7. The van der Waals surface area contributed by atoms with Crippen LogP contribution in [0.15, 0.2) is 297 Å². The van der Waals surface area contributed by atoms with Crippen molar-refractivity contribution in [3.63, 3.8) is 0 Å². The number of benzene rings is 11. The van der Waals surface area contributed by atoms with Gasteiger partial charge in [0, 0.05) is 38.8 Å². The van der Waals surface area contributed by atoms with E-state index in [0.717, 1.165) is 72.6 Å². The van der Waals surface area contributed by atoms with Crippen LogP contribution in [0.5, 0.6) is 0 Å². The lowest BCUT2D eigenvalue weighted by molar-refractivity contribution is 0.768. The zero-order valence-corrected chi connectivity index (χ0v) is 41.1. The fourth-order valence-corrected chi connectivity index (χ4v) is 11.9. The Morgan fingerprint density at radius 3 is 1.39 bits per heavy atom. The van der Waals surface area contributed by atoms with Crippen LogP contribution in [0, 0.1) is 0 Å². The Bertz CT molecular complexity index is 4130. The number of hydrogen-bond acceptors (Lipinski definition) is 2. The summed E-state index contributed by atoms with van der Waals surface area (Å²) in [5.74, 6) is 0. The molecule has 0 saturated heterocycles. The Hall–Kier alpha value is -9.83. The summed E-state index contributed by atoms with van der Waals surface area (Å²) in [5, 5.41) is 7.80. The molecular formula is C72H49N3. The third kappa shape index (κ3) is 7.31. The lowest BCUT2D eigenvalue weighted by atomic mass is 9.67. The van der Waals surface area contributed by atoms with Gasteiger partial charge in [-0.05, 0) is 97.6 Å². The molecule has 2 aromatic heterocycles. The highest BCUT2D eigenvalue weighted by Gasteiger charge is 2.46. The summed E-state index contributed by atoms with van der Waals surface area (Å²) < 4.78 is 2.19. The summed E-state index contributed by atoms with van der Waals surface area (Å²) in [4.78, 5) is 2.48. The molecule has 3 heteroatoms. The SMILES string of the molecule is c1ccc(-c2ccc(-c3ccc(N(c4ccc5c(c4)C(c4ccccc4)(c4ccccc4)c4ccccc4-5)c4cccc5c4cc(-c4ccccc4)n4nc(-c6ccccc6)c(-c6ccccc6)c54)cc3)cc2)cc1. The van der Waals surface area contributed by atoms with E-state index in [9.17, 15) is 0 Å². The van der Waals surface area contributed by atoms with Crippen molar-refractivity contribution in [1.29, 1.82) is 0 Å². The standard InChI is InChI=1S/C72H49N3/c1-7-22-50(23-8-1)51-38-40-52(41-39-51)53-42-44-59(45-43-53)74(60-46-47-62-61-34-19-20-36-65(61)72(66(62)48-60,57-30-15-5-16-31-57)58-32-17-6-18-33-58)67-37-21-35-63-64(67)49-68(54-24-9-2-10-25-54)75-71(63)69(55-26-11-3-12-27-55)70(73-75)56-28-13-4-14-29-56/h1-49H. The van der Waals surface area contributed by atoms with Crippen LogP contribution in [-0.2, 0) is 5.41 Å². The number of rotatable bonds is 10. The molecule has 11 aromatic carbocycles. The van der Waals surface area contributed by atoms with Crippen molar-refractivity contribution in [2.75, 3.05) is 4.90 Å². The molecule has 1 aliphatic rings. The van der Waals surface area contributed by atoms with Crippen LogP contribution < -0.4 is 4.90 Å². The Morgan fingerprint density at radius 1 is 0.320 bits per heavy atom. The summed E-state index contributed by atoms with van der Waals surface area (Å²) in [6.45, 7) is 0. The number of anilines is 3. The third-order valence-corrected chi connectivity index (χ3v) is 15.3. The number of pyridine rings is 1. The molecule has 14 rings (SSSR count). The van der Waals surface area contributed by atoms with Gasteiger partial charge in [0.25, 0.3) is 0 Å². The average Bonchev–Trinajstić information content (AvgIpc) is 4.06. The predicted octanol–water partition coefficient (Wildman–Crippen LogP) is 18.7. The molecule has 0 aliphatic heterocycles. The maximum Gasteiger partial charge on any atom is 0.101 e. The molecular weight excluding hydrogens is 907 g/mol. The fourth-order valence-electron chi connectivity index (χ4n) is 11.9. The van der Waals surface area contributed by atoms with Gasteiger partial charge < -0.3 is 4.90 Å². The van der Waals surface area contributed by atoms with Crippen LogP contribution in [0.2, 0.25) is 0 Å². The fraction of sp³-hybridized carbons (Fsp3) is 0.0139. The number of nitrogens with zero attached hydrogens (tertiary/aromatic N) is 3. The van der Waals surface area contributed by atoms with Crippen molar-refractivity contribution < 1.29 is 0 Å². The topological polar surface area (TPSA) is 20.5 Å². The van der Waals surface area contributed by atoms with E-state index in [1.54, 1.807) is 0 Å². The second-order valence-electron chi connectivity index (χ2n) is 19.4. The predicted molar refractivity (Wildman–Crippen MR) is 312 cm³/mol. The lowest BCUT2D eigenvalue weighted by Gasteiger charge is -2.35. The maximum atomic E-state index is 5.57. The molecule has 3 nitrogen and oxygen atoms in total. The first-order valence-electron chi connectivity index (χ1n) is 25.8. The molecule has 1 aliphatic carbocycles. The van der Waals surface area contributed by atoms with Crippen molar-refractivity contribution in [3.05, 3.63) is 320 Å². The maximum absolute atomic E-state index is 5.57. The monoisotopic (exact) mass is 955 g/mol. The van der Waals surface area contributed by atoms with Gasteiger partial charge in [0.15, 0.2) is 0 Å². The van der Waals surface area contributed by atoms with Gasteiger partial charge in [0.05, 0.1) is 22.3 Å². The van der Waals surface area contributed by atoms with E-state index < -0.39 is 5.41 Å². The van der Waals surface area contributed by atoms with Crippen LogP contribution >= 0.6 is 0 Å². The smallest absolute Gasteiger partial charge is 0.101 e. The van der Waals surface area contributed by atoms with Crippen LogP contribution in [0.4, 0.5) is 17.1 Å². The number of hydrogen-bond donors (Lipinski definition) is 0. The first-order chi connectivity index (χ1) is 37.2. The highest BCUT2D eigenvalue weighted by molar-refractivity contribution is 6.13. The number of aromatic nitrogens is 2. The molecule has 2 heterocycles. The number of fused-ring (bicyclic) bond motifs is 6. The van der Waals surface area contributed by atoms with E-state index in [4.69, 9.17) is 5.10 Å². The van der Waals surface area contributed by atoms with E-state index in [-0.39, 0.29) is 0 Å². The molecule has 0 fully saturated rings. The van der Waals surface area contributed by atoms with E-state index >= 15 is 0 Å². The Labute approximate surface area is 437 Å². The lowest BCUT2D eigenvalue weighted by Crippen LogP contribution is -2.28. The quantitative estimate of drug-likeness (QED) is 0.136. The van der Waals surface area contributed by atoms with E-state index in [2.05, 4.69) is 307 Å². The Balaban J connectivity index is 1.04. The minimum absolute atomic E-state index is 0.576. The molecule has 0 spiro atoms. The van der Waals surface area contributed by atoms with Gasteiger partial charge in [-0.1, -0.05) is 261 Å². The van der Waals surface area contributed by atoms with E-state index in [1.165, 1.54) is 50.1 Å². The van der Waals surface area contributed by atoms with E-state index in [1.807, 2.05) is 0 Å². The first-order valence-corrected chi connectivity index (χ1v) is 25.8. The molecule has 0 radical (unpaired) electrons. The van der Waals surface area contributed by atoms with Gasteiger partial charge in [-0.2, -0.15) is 5.10 Å². The molecule has 0 N–H and O–H groups in total. The Morgan fingerprint density at radius 2 is 0.787 bits per heavy atom. The summed E-state index contributed by atoms with van der Waals surface area (Å²) in [5.41, 5.74) is 22.2. The van der Waals surface area contributed by atoms with Crippen LogP contribution in [0.25, 0.3) is 83.3 Å². The van der Waals surface area contributed by atoms with E-state index in [0.29, 0.717) is 0 Å². The average molecular weight is 956 g/mol. The van der Waals surface area contributed by atoms with Crippen molar-refractivity contribution in [1.82, 2.24) is 9.61 Å². The highest BCUT2D eigenvalue weighted by Crippen LogP contribution is 2.57. The summed E-state index contributed by atoms with van der Waals surface area (Å²) >= 11 is 0. The van der Waals surface area contributed by atoms with Crippen LogP contribution in [-0.4, -0.2) is 9.61 Å². The van der Waals surface area contributed by atoms with Crippen molar-refractivity contribution in [3.8, 4) is 67.0 Å². The van der Waals surface area contributed by atoms with Gasteiger partial charge in [0.1, 0.15) is 5.69 Å². The van der Waals surface area contributed by atoms with Crippen LogP contribution in [0.3, 0.4) is 0 Å². The molecule has 13 aromatic rings. The summed E-state index contributed by atoms with van der Waals surface area (Å²) in [6, 6.07) is 108. The van der Waals surface area contributed by atoms with Gasteiger partial charge in [-0.3, -0.25) is 0 Å². The van der Waals surface area contributed by atoms with Gasteiger partial charge in [-0.25, -0.2) is 4.52 Å². The molecule has 0 saturated carbocycles. The molecule has 352 valence electrons. The zero-order valence-electron chi connectivity index (χ0n) is 41.1. The first kappa shape index (κ1) is 43.9. The van der Waals surface area contributed by atoms with Gasteiger partial charge in [-0.15, -0.1) is 0 Å². The van der Waals surface area contributed by atoms with Crippen molar-refractivity contribution >= 4 is 33.4 Å². The third-order valence-electron chi connectivity index (χ3n) is 15.3. The normalized spacial score (nSPS) is 12.4. The van der Waals surface area contributed by atoms with Crippen molar-refractivity contribution in [2.45, 2.75) is 5.41 Å². The zero-order chi connectivity index (χ0) is 49.7. The molecule has 0 unspecified atom stereocenters. The minimum atomic E-state index is -0.576. The van der Waals surface area contributed by atoms with Crippen LogP contribution in [0.1, 0.15) is 22.3 Å². The molecule has 75 heavy (non-hydrogen) atoms. The largest absolute Gasteiger partial charge is 0.310 e. The minimum Gasteiger partial charge on any atom is -0.310 e. The van der Waals surface area contributed by atoms with Crippen molar-refractivity contribution in [2.24, 2.45) is 0 Å². The molecule has 0 bridgehead atoms. The van der Waals surface area contributed by atoms with Gasteiger partial charge >= 0.3 is 0 Å². The molecule has 0 atom stereocenters. The molecule has 0 amide bonds. The highest BCUT2D eigenvalue weighted by atomic mass is 15.2. The second-order valence-corrected chi connectivity index (χ2v) is 19.4. The van der Waals surface area contributed by atoms with Gasteiger partial charge in [0.2, 0.25) is 0 Å².